The van der Waals surface area contributed by atoms with Gasteiger partial charge in [0.25, 0.3) is 0 Å². The van der Waals surface area contributed by atoms with Crippen molar-refractivity contribution in [3.05, 3.63) is 11.6 Å². The van der Waals surface area contributed by atoms with Gasteiger partial charge in [0.15, 0.2) is 0 Å². The van der Waals surface area contributed by atoms with Gasteiger partial charge in [-0.15, -0.1) is 0 Å². The molecule has 0 saturated heterocycles. The van der Waals surface area contributed by atoms with Crippen LogP contribution in [0.4, 0.5) is 0 Å². The smallest absolute Gasteiger partial charge is 0.0341 e. The fraction of sp³-hybridized carbons (Fsp3) is 0.714. The number of allylic oxidation sites excluding steroid dienone is 2. The van der Waals surface area contributed by atoms with Gasteiger partial charge in [-0.3, -0.25) is 0 Å². The quantitative estimate of drug-likeness (QED) is 0.389. The molecule has 2 nitrogen and oxygen atoms in total. The third kappa shape index (κ3) is 3.29. The molecule has 0 aromatic heterocycles. The third-order valence-electron chi connectivity index (χ3n) is 3.76. The molecule has 0 amide bonds. The highest BCUT2D eigenvalue weighted by atomic mass is 15.2. The summed E-state index contributed by atoms with van der Waals surface area (Å²) < 4.78 is 0. The van der Waals surface area contributed by atoms with Crippen LogP contribution >= 0.6 is 0 Å². The lowest BCUT2D eigenvalue weighted by Gasteiger charge is -2.16. The molecule has 0 spiro atoms. The lowest BCUT2D eigenvalue weighted by Crippen LogP contribution is -2.07. The second-order valence-corrected chi connectivity index (χ2v) is 5.06. The van der Waals surface area contributed by atoms with Gasteiger partial charge in [0.1, 0.15) is 0 Å². The Morgan fingerprint density at radius 3 is 2.56 bits per heavy atom. The number of nitrogens with zero attached hydrogens (tertiary/aromatic N) is 2. The van der Waals surface area contributed by atoms with Gasteiger partial charge in [0, 0.05) is 18.3 Å². The molecule has 0 unspecified atom stereocenters. The zero-order valence-corrected chi connectivity index (χ0v) is 10.2. The van der Waals surface area contributed by atoms with E-state index in [0.717, 1.165) is 0 Å². The van der Waals surface area contributed by atoms with Crippen LogP contribution in [-0.2, 0) is 0 Å². The highest BCUT2D eigenvalue weighted by Crippen LogP contribution is 2.23. The Bertz CT molecular complexity index is 296. The van der Waals surface area contributed by atoms with Gasteiger partial charge < -0.3 is 0 Å². The van der Waals surface area contributed by atoms with Gasteiger partial charge in [-0.2, -0.15) is 10.2 Å². The zero-order valence-electron chi connectivity index (χ0n) is 10.2. The van der Waals surface area contributed by atoms with Crippen molar-refractivity contribution in [2.45, 2.75) is 51.9 Å². The van der Waals surface area contributed by atoms with Crippen molar-refractivity contribution in [1.82, 2.24) is 0 Å². The molecule has 1 fully saturated rings. The molecule has 88 valence electrons. The van der Waals surface area contributed by atoms with Crippen LogP contribution in [-0.4, -0.2) is 12.4 Å². The van der Waals surface area contributed by atoms with E-state index in [9.17, 15) is 0 Å². The Morgan fingerprint density at radius 1 is 1.06 bits per heavy atom. The van der Waals surface area contributed by atoms with Gasteiger partial charge in [-0.05, 0) is 44.9 Å². The van der Waals surface area contributed by atoms with Crippen molar-refractivity contribution in [2.75, 3.05) is 0 Å². The second kappa shape index (κ2) is 5.97. The molecule has 2 rings (SSSR count). The Balaban J connectivity index is 1.79. The summed E-state index contributed by atoms with van der Waals surface area (Å²) in [5.74, 6) is 1.23. The third-order valence-corrected chi connectivity index (χ3v) is 3.76. The molecule has 2 aliphatic rings. The normalized spacial score (nSPS) is 28.1. The topological polar surface area (TPSA) is 24.7 Å². The van der Waals surface area contributed by atoms with Crippen molar-refractivity contribution in [3.63, 3.8) is 0 Å². The summed E-state index contributed by atoms with van der Waals surface area (Å²) in [4.78, 5) is 0. The van der Waals surface area contributed by atoms with E-state index in [1.165, 1.54) is 50.5 Å². The van der Waals surface area contributed by atoms with Crippen LogP contribution in [0.15, 0.2) is 21.9 Å². The van der Waals surface area contributed by atoms with Crippen LogP contribution in [0.3, 0.4) is 0 Å². The summed E-state index contributed by atoms with van der Waals surface area (Å²) in [6.45, 7) is 2.20. The van der Waals surface area contributed by atoms with Crippen molar-refractivity contribution in [1.29, 1.82) is 0 Å². The Hall–Kier alpha value is -0.920. The van der Waals surface area contributed by atoms with E-state index >= 15 is 0 Å². The molecule has 0 radical (unpaired) electrons. The fourth-order valence-corrected chi connectivity index (χ4v) is 2.60. The molecule has 2 aliphatic carbocycles. The van der Waals surface area contributed by atoms with Gasteiger partial charge in [0.2, 0.25) is 0 Å². The van der Waals surface area contributed by atoms with Crippen LogP contribution in [0.5, 0.6) is 0 Å². The molecule has 1 atom stereocenters. The van der Waals surface area contributed by atoms with E-state index in [2.05, 4.69) is 23.2 Å². The molecule has 0 bridgehead atoms. The van der Waals surface area contributed by atoms with Crippen LogP contribution in [0, 0.1) is 11.8 Å². The highest BCUT2D eigenvalue weighted by molar-refractivity contribution is 5.67. The molecule has 0 aromatic rings. The van der Waals surface area contributed by atoms with Gasteiger partial charge in [-0.1, -0.05) is 24.5 Å². The Morgan fingerprint density at radius 2 is 1.81 bits per heavy atom. The molecule has 0 N–H and O–H groups in total. The summed E-state index contributed by atoms with van der Waals surface area (Å²) in [7, 11) is 0. The van der Waals surface area contributed by atoms with Crippen molar-refractivity contribution >= 4 is 12.4 Å². The van der Waals surface area contributed by atoms with Crippen LogP contribution in [0.1, 0.15) is 51.9 Å². The number of hydrogen-bond donors (Lipinski definition) is 0. The number of hydrogen-bond acceptors (Lipinski definition) is 2. The minimum absolute atomic E-state index is 0.537. The highest BCUT2D eigenvalue weighted by Gasteiger charge is 2.12. The predicted octanol–water partition coefficient (Wildman–Crippen LogP) is 3.98. The summed E-state index contributed by atoms with van der Waals surface area (Å²) >= 11 is 0. The minimum atomic E-state index is 0.537. The minimum Gasteiger partial charge on any atom is -0.164 e. The van der Waals surface area contributed by atoms with E-state index in [4.69, 9.17) is 0 Å². The Kier molecular flexibility index (Phi) is 4.32. The van der Waals surface area contributed by atoms with Crippen LogP contribution in [0.25, 0.3) is 0 Å². The summed E-state index contributed by atoms with van der Waals surface area (Å²) in [6.07, 6.45) is 15.5. The summed E-state index contributed by atoms with van der Waals surface area (Å²) in [6, 6.07) is 0. The van der Waals surface area contributed by atoms with Gasteiger partial charge in [-0.25, -0.2) is 0 Å². The second-order valence-electron chi connectivity index (χ2n) is 5.06. The molecule has 16 heavy (non-hydrogen) atoms. The average molecular weight is 218 g/mol. The SMILES string of the molecule is CC1=CCCC[C@@H]1/C=N/N=C/C1CCCC1. The standard InChI is InChI=1S/C14H22N2/c1-12-6-2-5-9-14(12)11-16-15-10-13-7-3-4-8-13/h6,10-11,13-14H,2-5,7-9H2,1H3/b15-10+,16-11+/t14-/m1/s1. The maximum Gasteiger partial charge on any atom is 0.0341 e. The molecule has 2 heteroatoms. The van der Waals surface area contributed by atoms with Crippen molar-refractivity contribution < 1.29 is 0 Å². The van der Waals surface area contributed by atoms with Gasteiger partial charge in [0.05, 0.1) is 0 Å². The van der Waals surface area contributed by atoms with E-state index in [0.29, 0.717) is 11.8 Å². The first-order chi connectivity index (χ1) is 7.86. The lowest BCUT2D eigenvalue weighted by molar-refractivity contribution is 0.630. The molecule has 1 saturated carbocycles. The first-order valence-corrected chi connectivity index (χ1v) is 6.59. The van der Waals surface area contributed by atoms with E-state index in [1.807, 2.05) is 12.4 Å². The lowest BCUT2D eigenvalue weighted by atomic mass is 9.90. The maximum atomic E-state index is 4.21. The molecular formula is C14H22N2. The predicted molar refractivity (Wildman–Crippen MR) is 70.0 cm³/mol. The van der Waals surface area contributed by atoms with E-state index < -0.39 is 0 Å². The zero-order chi connectivity index (χ0) is 11.2. The van der Waals surface area contributed by atoms with E-state index in [-0.39, 0.29) is 0 Å². The summed E-state index contributed by atoms with van der Waals surface area (Å²) in [5, 5.41) is 8.41. The van der Waals surface area contributed by atoms with E-state index in [1.54, 1.807) is 0 Å². The van der Waals surface area contributed by atoms with Crippen LogP contribution in [0.2, 0.25) is 0 Å². The first kappa shape index (κ1) is 11.6. The summed E-state index contributed by atoms with van der Waals surface area (Å²) in [5.41, 5.74) is 1.46. The monoisotopic (exact) mass is 218 g/mol. The average Bonchev–Trinajstić information content (AvgIpc) is 2.79. The number of rotatable bonds is 3. The fourth-order valence-electron chi connectivity index (χ4n) is 2.60. The van der Waals surface area contributed by atoms with Crippen LogP contribution < -0.4 is 0 Å². The van der Waals surface area contributed by atoms with Crippen molar-refractivity contribution in [2.24, 2.45) is 22.0 Å². The van der Waals surface area contributed by atoms with Crippen molar-refractivity contribution in [3.8, 4) is 0 Å². The first-order valence-electron chi connectivity index (χ1n) is 6.59. The molecule has 0 aliphatic heterocycles. The molecular weight excluding hydrogens is 196 g/mol. The maximum absolute atomic E-state index is 4.21. The molecule has 0 aromatic carbocycles. The largest absolute Gasteiger partial charge is 0.164 e. The van der Waals surface area contributed by atoms with Gasteiger partial charge >= 0.3 is 0 Å². The molecule has 0 heterocycles. The Labute approximate surface area is 98.5 Å².